The lowest BCUT2D eigenvalue weighted by Crippen LogP contribution is -2.41. The average molecular weight is 307 g/mol. The van der Waals surface area contributed by atoms with Crippen LogP contribution in [0.3, 0.4) is 0 Å². The Hall–Kier alpha value is -1.59. The van der Waals surface area contributed by atoms with Gasteiger partial charge in [0.15, 0.2) is 0 Å². The van der Waals surface area contributed by atoms with Crippen molar-refractivity contribution in [2.24, 2.45) is 5.41 Å². The van der Waals surface area contributed by atoms with Crippen molar-refractivity contribution in [2.45, 2.75) is 20.4 Å². The van der Waals surface area contributed by atoms with E-state index in [0.29, 0.717) is 13.1 Å². The minimum absolute atomic E-state index is 0.0106. The molecule has 1 aromatic carbocycles. The van der Waals surface area contributed by atoms with Crippen molar-refractivity contribution in [3.63, 3.8) is 0 Å². The molecule has 1 rings (SSSR count). The third kappa shape index (κ3) is 7.43. The molecule has 0 heterocycles. The molecule has 0 aliphatic carbocycles. The number of carbonyl (C=O) groups is 1. The molecule has 5 heteroatoms. The van der Waals surface area contributed by atoms with Gasteiger partial charge in [0.1, 0.15) is 5.75 Å². The van der Waals surface area contributed by atoms with Crippen LogP contribution in [0.5, 0.6) is 5.75 Å². The highest BCUT2D eigenvalue weighted by molar-refractivity contribution is 5.77. The van der Waals surface area contributed by atoms with Crippen molar-refractivity contribution in [2.75, 3.05) is 40.8 Å². The number of rotatable bonds is 9. The number of carbonyl (C=O) groups excluding carboxylic acids is 1. The molecule has 1 amide bonds. The zero-order valence-electron chi connectivity index (χ0n) is 14.4. The summed E-state index contributed by atoms with van der Waals surface area (Å²) in [5.41, 5.74) is 1.20. The number of amides is 1. The predicted molar refractivity (Wildman–Crippen MR) is 90.0 cm³/mol. The highest BCUT2D eigenvalue weighted by atomic mass is 16.5. The van der Waals surface area contributed by atoms with E-state index in [9.17, 15) is 4.79 Å². The van der Waals surface area contributed by atoms with E-state index in [1.807, 2.05) is 24.3 Å². The number of benzene rings is 1. The van der Waals surface area contributed by atoms with Gasteiger partial charge in [-0.05, 0) is 37.2 Å². The highest BCUT2D eigenvalue weighted by Gasteiger charge is 2.18. The smallest absolute Gasteiger partial charge is 0.234 e. The molecule has 0 unspecified atom stereocenters. The third-order valence-electron chi connectivity index (χ3n) is 3.28. The van der Waals surface area contributed by atoms with Crippen LogP contribution in [0.15, 0.2) is 24.3 Å². The Kier molecular flexibility index (Phi) is 7.35. The lowest BCUT2D eigenvalue weighted by Gasteiger charge is -2.28. The van der Waals surface area contributed by atoms with Crippen LogP contribution >= 0.6 is 0 Å². The molecule has 0 radical (unpaired) electrons. The number of nitrogens with one attached hydrogen (secondary N) is 2. The summed E-state index contributed by atoms with van der Waals surface area (Å²) in [4.78, 5) is 14.0. The quantitative estimate of drug-likeness (QED) is 0.726. The van der Waals surface area contributed by atoms with E-state index in [-0.39, 0.29) is 11.3 Å². The largest absolute Gasteiger partial charge is 0.497 e. The Balaban J connectivity index is 2.25. The minimum atomic E-state index is 0.0106. The van der Waals surface area contributed by atoms with E-state index in [2.05, 4.69) is 43.5 Å². The van der Waals surface area contributed by atoms with Gasteiger partial charge < -0.3 is 20.3 Å². The normalized spacial score (nSPS) is 11.5. The first-order valence-corrected chi connectivity index (χ1v) is 7.57. The zero-order chi connectivity index (χ0) is 16.6. The summed E-state index contributed by atoms with van der Waals surface area (Å²) in [5, 5.41) is 6.14. The predicted octanol–water partition coefficient (Wildman–Crippen LogP) is 1.49. The van der Waals surface area contributed by atoms with Crippen LogP contribution < -0.4 is 15.4 Å². The van der Waals surface area contributed by atoms with Crippen molar-refractivity contribution >= 4 is 5.91 Å². The van der Waals surface area contributed by atoms with Gasteiger partial charge in [-0.15, -0.1) is 0 Å². The van der Waals surface area contributed by atoms with Crippen molar-refractivity contribution in [1.82, 2.24) is 15.5 Å². The van der Waals surface area contributed by atoms with Crippen molar-refractivity contribution < 1.29 is 9.53 Å². The van der Waals surface area contributed by atoms with Crippen LogP contribution in [0.25, 0.3) is 0 Å². The Morgan fingerprint density at radius 2 is 1.86 bits per heavy atom. The first kappa shape index (κ1) is 18.5. The second-order valence-electron chi connectivity index (χ2n) is 6.63. The second-order valence-corrected chi connectivity index (χ2v) is 6.63. The third-order valence-corrected chi connectivity index (χ3v) is 3.28. The molecule has 0 aliphatic heterocycles. The maximum Gasteiger partial charge on any atom is 0.234 e. The summed E-state index contributed by atoms with van der Waals surface area (Å²) in [6.07, 6.45) is 0. The topological polar surface area (TPSA) is 53.6 Å². The van der Waals surface area contributed by atoms with Crippen molar-refractivity contribution in [1.29, 1.82) is 0 Å². The van der Waals surface area contributed by atoms with Gasteiger partial charge in [-0.2, -0.15) is 0 Å². The summed E-state index contributed by atoms with van der Waals surface area (Å²) in [7, 11) is 5.76. The van der Waals surface area contributed by atoms with E-state index < -0.39 is 0 Å². The molecule has 0 atom stereocenters. The molecule has 22 heavy (non-hydrogen) atoms. The molecule has 0 saturated heterocycles. The second kappa shape index (κ2) is 8.76. The fourth-order valence-corrected chi connectivity index (χ4v) is 2.43. The van der Waals surface area contributed by atoms with Gasteiger partial charge in [-0.3, -0.25) is 4.79 Å². The van der Waals surface area contributed by atoms with Gasteiger partial charge in [0.2, 0.25) is 5.91 Å². The fourth-order valence-electron chi connectivity index (χ4n) is 2.43. The molecule has 0 fully saturated rings. The van der Waals surface area contributed by atoms with Crippen LogP contribution in [0, 0.1) is 5.41 Å². The van der Waals surface area contributed by atoms with Gasteiger partial charge in [0, 0.05) is 19.6 Å². The number of nitrogens with zero attached hydrogens (tertiary/aromatic N) is 1. The molecule has 1 aromatic rings. The zero-order valence-corrected chi connectivity index (χ0v) is 14.4. The van der Waals surface area contributed by atoms with Gasteiger partial charge >= 0.3 is 0 Å². The first-order valence-electron chi connectivity index (χ1n) is 7.57. The Morgan fingerprint density at radius 3 is 2.41 bits per heavy atom. The molecule has 0 spiro atoms. The van der Waals surface area contributed by atoms with E-state index in [1.165, 1.54) is 0 Å². The van der Waals surface area contributed by atoms with Crippen molar-refractivity contribution in [3.8, 4) is 5.75 Å². The summed E-state index contributed by atoms with van der Waals surface area (Å²) >= 11 is 0. The number of hydrogen-bond donors (Lipinski definition) is 2. The van der Waals surface area contributed by atoms with Crippen LogP contribution in [-0.2, 0) is 11.3 Å². The Morgan fingerprint density at radius 1 is 1.23 bits per heavy atom. The molecule has 0 aromatic heterocycles. The lowest BCUT2D eigenvalue weighted by atomic mass is 9.93. The van der Waals surface area contributed by atoms with Crippen LogP contribution in [0.4, 0.5) is 0 Å². The number of methoxy groups -OCH3 is 1. The van der Waals surface area contributed by atoms with Crippen LogP contribution in [-0.4, -0.2) is 51.6 Å². The molecule has 5 nitrogen and oxygen atoms in total. The lowest BCUT2D eigenvalue weighted by molar-refractivity contribution is -0.120. The van der Waals surface area contributed by atoms with E-state index in [4.69, 9.17) is 4.74 Å². The molecular formula is C17H29N3O2. The van der Waals surface area contributed by atoms with Gasteiger partial charge in [0.05, 0.1) is 13.7 Å². The summed E-state index contributed by atoms with van der Waals surface area (Å²) in [6, 6.07) is 7.69. The van der Waals surface area contributed by atoms with E-state index in [0.717, 1.165) is 24.4 Å². The van der Waals surface area contributed by atoms with Gasteiger partial charge in [0.25, 0.3) is 0 Å². The monoisotopic (exact) mass is 307 g/mol. The SMILES string of the molecule is COc1ccc(CNC(=O)CNCC(C)(C)CN(C)C)cc1. The number of ether oxygens (including phenoxy) is 1. The maximum atomic E-state index is 11.8. The maximum absolute atomic E-state index is 11.8. The molecule has 0 bridgehead atoms. The molecule has 0 saturated carbocycles. The Labute approximate surface area is 134 Å². The van der Waals surface area contributed by atoms with E-state index >= 15 is 0 Å². The summed E-state index contributed by atoms with van der Waals surface area (Å²) in [5.74, 6) is 0.830. The summed E-state index contributed by atoms with van der Waals surface area (Å²) < 4.78 is 5.11. The highest BCUT2D eigenvalue weighted by Crippen LogP contribution is 2.14. The van der Waals surface area contributed by atoms with Crippen LogP contribution in [0.2, 0.25) is 0 Å². The van der Waals surface area contributed by atoms with Crippen molar-refractivity contribution in [3.05, 3.63) is 29.8 Å². The van der Waals surface area contributed by atoms with Gasteiger partial charge in [-0.25, -0.2) is 0 Å². The van der Waals surface area contributed by atoms with E-state index in [1.54, 1.807) is 7.11 Å². The minimum Gasteiger partial charge on any atom is -0.497 e. The first-order chi connectivity index (χ1) is 10.3. The molecular weight excluding hydrogens is 278 g/mol. The Bertz CT molecular complexity index is 455. The van der Waals surface area contributed by atoms with Gasteiger partial charge in [-0.1, -0.05) is 26.0 Å². The standard InChI is InChI=1S/C17H29N3O2/c1-17(2,13-20(3)4)12-18-11-16(21)19-10-14-6-8-15(22-5)9-7-14/h6-9,18H,10-13H2,1-5H3,(H,19,21). The molecule has 124 valence electrons. The molecule has 0 aliphatic rings. The average Bonchev–Trinajstić information content (AvgIpc) is 2.44. The molecule has 2 N–H and O–H groups in total. The fraction of sp³-hybridized carbons (Fsp3) is 0.588. The number of hydrogen-bond acceptors (Lipinski definition) is 4. The van der Waals surface area contributed by atoms with Crippen LogP contribution in [0.1, 0.15) is 19.4 Å². The summed E-state index contributed by atoms with van der Waals surface area (Å²) in [6.45, 7) is 7.04.